The van der Waals surface area contributed by atoms with Crippen LogP contribution in [0.4, 0.5) is 5.69 Å². The maximum Gasteiger partial charge on any atom is 0.341 e. The Morgan fingerprint density at radius 1 is 1.39 bits per heavy atom. The van der Waals surface area contributed by atoms with Crippen molar-refractivity contribution in [1.82, 2.24) is 0 Å². The number of benzene rings is 1. The molecule has 0 bridgehead atoms. The van der Waals surface area contributed by atoms with Gasteiger partial charge in [-0.3, -0.25) is 4.79 Å². The molecule has 1 aliphatic carbocycles. The first-order valence-corrected chi connectivity index (χ1v) is 7.79. The molecule has 0 aromatic heterocycles. The van der Waals surface area contributed by atoms with Crippen molar-refractivity contribution in [3.8, 4) is 5.75 Å². The van der Waals surface area contributed by atoms with Crippen LogP contribution < -0.4 is 10.1 Å². The zero-order valence-electron chi connectivity index (χ0n) is 12.9. The van der Waals surface area contributed by atoms with Crippen LogP contribution in [0.3, 0.4) is 0 Å². The second-order valence-electron chi connectivity index (χ2n) is 5.66. The number of anilines is 1. The number of amides is 1. The molecule has 2 rings (SSSR count). The molecule has 7 heteroatoms. The number of carbonyl (C=O) groups excluding carboxylic acids is 1. The van der Waals surface area contributed by atoms with E-state index in [1.54, 1.807) is 25.3 Å². The predicted molar refractivity (Wildman–Crippen MR) is 86.0 cm³/mol. The quantitative estimate of drug-likeness (QED) is 0.759. The van der Waals surface area contributed by atoms with Crippen LogP contribution in [0.1, 0.15) is 25.7 Å². The Kier molecular flexibility index (Phi) is 5.85. The number of rotatable bonds is 8. The van der Waals surface area contributed by atoms with Crippen LogP contribution in [-0.2, 0) is 14.3 Å². The summed E-state index contributed by atoms with van der Waals surface area (Å²) in [5.41, 5.74) is 0.201. The average Bonchev–Trinajstić information content (AvgIpc) is 2.45. The number of methoxy groups -OCH3 is 1. The Morgan fingerprint density at radius 2 is 2.13 bits per heavy atom. The van der Waals surface area contributed by atoms with Crippen LogP contribution >= 0.6 is 11.6 Å². The number of nitrogens with one attached hydrogen (secondary N) is 1. The molecule has 1 aromatic carbocycles. The number of hydrogen-bond donors (Lipinski definition) is 2. The van der Waals surface area contributed by atoms with Crippen molar-refractivity contribution in [3.05, 3.63) is 23.2 Å². The van der Waals surface area contributed by atoms with Crippen LogP contribution in [0.15, 0.2) is 18.2 Å². The Balaban J connectivity index is 2.00. The number of carboxylic acids is 1. The van der Waals surface area contributed by atoms with Gasteiger partial charge < -0.3 is 19.9 Å². The lowest BCUT2D eigenvalue weighted by molar-refractivity contribution is -0.139. The highest BCUT2D eigenvalue weighted by molar-refractivity contribution is 6.32. The third-order valence-corrected chi connectivity index (χ3v) is 4.41. The summed E-state index contributed by atoms with van der Waals surface area (Å²) in [6.07, 6.45) is 3.45. The molecular weight excluding hydrogens is 322 g/mol. The highest BCUT2D eigenvalue weighted by Crippen LogP contribution is 2.45. The van der Waals surface area contributed by atoms with Crippen LogP contribution in [0.25, 0.3) is 0 Å². The molecule has 1 fully saturated rings. The summed E-state index contributed by atoms with van der Waals surface area (Å²) in [6.45, 7) is 0.0850. The third kappa shape index (κ3) is 4.36. The summed E-state index contributed by atoms with van der Waals surface area (Å²) < 4.78 is 10.1. The van der Waals surface area contributed by atoms with Crippen molar-refractivity contribution in [2.45, 2.75) is 25.7 Å². The lowest BCUT2D eigenvalue weighted by atomic mass is 9.66. The van der Waals surface area contributed by atoms with Gasteiger partial charge in [0.2, 0.25) is 5.91 Å². The Morgan fingerprint density at radius 3 is 2.65 bits per heavy atom. The first kappa shape index (κ1) is 17.6. The summed E-state index contributed by atoms with van der Waals surface area (Å²) in [7, 11) is 1.62. The number of ether oxygens (including phenoxy) is 2. The first-order chi connectivity index (χ1) is 11.0. The van der Waals surface area contributed by atoms with Crippen LogP contribution in [-0.4, -0.2) is 37.3 Å². The number of halogens is 1. The van der Waals surface area contributed by atoms with Gasteiger partial charge >= 0.3 is 5.97 Å². The van der Waals surface area contributed by atoms with Gasteiger partial charge in [-0.2, -0.15) is 0 Å². The average molecular weight is 342 g/mol. The molecule has 2 N–H and O–H groups in total. The normalized spacial score (nSPS) is 15.6. The molecule has 0 heterocycles. The SMILES string of the molecule is COCCC1(C(=O)Nc2ccc(OCC(=O)O)c(Cl)c2)CCC1. The second kappa shape index (κ2) is 7.66. The molecule has 126 valence electrons. The van der Waals surface area contributed by atoms with E-state index in [0.29, 0.717) is 18.7 Å². The molecule has 1 aliphatic rings. The fraction of sp³-hybridized carbons (Fsp3) is 0.500. The Labute approximate surface area is 139 Å². The van der Waals surface area contributed by atoms with Crippen molar-refractivity contribution in [2.24, 2.45) is 5.41 Å². The second-order valence-corrected chi connectivity index (χ2v) is 6.07. The minimum atomic E-state index is -1.08. The van der Waals surface area contributed by atoms with Crippen LogP contribution in [0, 0.1) is 5.41 Å². The number of carboxylic acid groups (broad SMARTS) is 1. The van der Waals surface area contributed by atoms with E-state index in [1.807, 2.05) is 0 Å². The molecule has 1 amide bonds. The molecule has 0 saturated heterocycles. The van der Waals surface area contributed by atoms with Gasteiger partial charge in [0.05, 0.1) is 10.4 Å². The Bertz CT molecular complexity index is 586. The summed E-state index contributed by atoms with van der Waals surface area (Å²) in [4.78, 5) is 23.0. The number of hydrogen-bond acceptors (Lipinski definition) is 4. The van der Waals surface area contributed by atoms with E-state index >= 15 is 0 Å². The fourth-order valence-corrected chi connectivity index (χ4v) is 2.83. The Hall–Kier alpha value is -1.79. The molecule has 0 spiro atoms. The van der Waals surface area contributed by atoms with Gasteiger partial charge in [-0.05, 0) is 37.5 Å². The zero-order chi connectivity index (χ0) is 16.9. The van der Waals surface area contributed by atoms with E-state index in [2.05, 4.69) is 5.32 Å². The number of carbonyl (C=O) groups is 2. The van der Waals surface area contributed by atoms with E-state index in [-0.39, 0.29) is 22.1 Å². The molecule has 1 aromatic rings. The zero-order valence-corrected chi connectivity index (χ0v) is 13.7. The van der Waals surface area contributed by atoms with E-state index in [0.717, 1.165) is 19.3 Å². The van der Waals surface area contributed by atoms with Crippen molar-refractivity contribution in [3.63, 3.8) is 0 Å². The van der Waals surface area contributed by atoms with E-state index < -0.39 is 12.6 Å². The lowest BCUT2D eigenvalue weighted by Gasteiger charge is -2.40. The van der Waals surface area contributed by atoms with Gasteiger partial charge in [0.1, 0.15) is 5.75 Å². The van der Waals surface area contributed by atoms with Crippen LogP contribution in [0.5, 0.6) is 5.75 Å². The highest BCUT2D eigenvalue weighted by Gasteiger charge is 2.43. The monoisotopic (exact) mass is 341 g/mol. The third-order valence-electron chi connectivity index (χ3n) is 4.12. The van der Waals surface area contributed by atoms with Gasteiger partial charge in [0, 0.05) is 19.4 Å². The first-order valence-electron chi connectivity index (χ1n) is 7.41. The van der Waals surface area contributed by atoms with Gasteiger partial charge in [-0.25, -0.2) is 4.79 Å². The largest absolute Gasteiger partial charge is 0.480 e. The maximum atomic E-state index is 12.5. The summed E-state index contributed by atoms with van der Waals surface area (Å²) >= 11 is 6.05. The fourth-order valence-electron chi connectivity index (χ4n) is 2.59. The molecule has 0 aliphatic heterocycles. The highest BCUT2D eigenvalue weighted by atomic mass is 35.5. The van der Waals surface area contributed by atoms with Gasteiger partial charge in [-0.15, -0.1) is 0 Å². The maximum absolute atomic E-state index is 12.5. The summed E-state index contributed by atoms with van der Waals surface area (Å²) in [5, 5.41) is 11.7. The summed E-state index contributed by atoms with van der Waals surface area (Å²) in [6, 6.07) is 4.74. The predicted octanol–water partition coefficient (Wildman–Crippen LogP) is 2.95. The minimum Gasteiger partial charge on any atom is -0.480 e. The minimum absolute atomic E-state index is 0.0314. The number of aliphatic carboxylic acids is 1. The van der Waals surface area contributed by atoms with E-state index in [4.69, 9.17) is 26.2 Å². The van der Waals surface area contributed by atoms with Gasteiger partial charge in [-0.1, -0.05) is 18.0 Å². The van der Waals surface area contributed by atoms with Crippen molar-refractivity contribution in [1.29, 1.82) is 0 Å². The van der Waals surface area contributed by atoms with Crippen molar-refractivity contribution >= 4 is 29.2 Å². The van der Waals surface area contributed by atoms with Crippen molar-refractivity contribution < 1.29 is 24.2 Å². The molecule has 0 atom stereocenters. The van der Waals surface area contributed by atoms with Crippen LogP contribution in [0.2, 0.25) is 5.02 Å². The van der Waals surface area contributed by atoms with Gasteiger partial charge in [0.15, 0.2) is 6.61 Å². The van der Waals surface area contributed by atoms with Gasteiger partial charge in [0.25, 0.3) is 0 Å². The molecule has 1 saturated carbocycles. The molecule has 23 heavy (non-hydrogen) atoms. The van der Waals surface area contributed by atoms with Crippen molar-refractivity contribution in [2.75, 3.05) is 25.6 Å². The lowest BCUT2D eigenvalue weighted by Crippen LogP contribution is -2.42. The topological polar surface area (TPSA) is 84.9 Å². The molecule has 0 unspecified atom stereocenters. The molecule has 6 nitrogen and oxygen atoms in total. The van der Waals surface area contributed by atoms with E-state index in [1.165, 1.54) is 0 Å². The summed E-state index contributed by atoms with van der Waals surface area (Å²) in [5.74, 6) is -0.843. The smallest absolute Gasteiger partial charge is 0.341 e. The standard InChI is InChI=1S/C16H20ClNO5/c1-22-8-7-16(5-2-6-16)15(21)18-11-3-4-13(12(17)9-11)23-10-14(19)20/h3-4,9H,2,5-8,10H2,1H3,(H,18,21)(H,19,20). The molecule has 0 radical (unpaired) electrons. The van der Waals surface area contributed by atoms with E-state index in [9.17, 15) is 9.59 Å². The molecular formula is C16H20ClNO5.